The molecule has 3 heteroatoms. The summed E-state index contributed by atoms with van der Waals surface area (Å²) in [7, 11) is 0. The first-order chi connectivity index (χ1) is 4.69. The van der Waals surface area contributed by atoms with Gasteiger partial charge in [-0.3, -0.25) is 0 Å². The molecule has 0 aromatic heterocycles. The molecule has 1 heterocycles. The molecule has 1 rings (SSSR count). The third-order valence-electron chi connectivity index (χ3n) is 2.21. The highest BCUT2D eigenvalue weighted by atomic mass is 16.5. The van der Waals surface area contributed by atoms with Gasteiger partial charge in [0.05, 0.1) is 18.8 Å². The second kappa shape index (κ2) is 2.86. The Bertz CT molecular complexity index is 118. The molecule has 0 aliphatic carbocycles. The fourth-order valence-corrected chi connectivity index (χ4v) is 1.28. The first-order valence-electron chi connectivity index (χ1n) is 3.69. The van der Waals surface area contributed by atoms with Crippen LogP contribution in [-0.4, -0.2) is 30.5 Å². The molecule has 2 atom stereocenters. The molecule has 0 amide bonds. The zero-order valence-corrected chi connectivity index (χ0v) is 6.34. The van der Waals surface area contributed by atoms with Gasteiger partial charge in [0, 0.05) is 5.92 Å². The van der Waals surface area contributed by atoms with E-state index in [4.69, 9.17) is 10.5 Å². The highest BCUT2D eigenvalue weighted by molar-refractivity contribution is 4.88. The van der Waals surface area contributed by atoms with Gasteiger partial charge in [-0.25, -0.2) is 0 Å². The molecule has 3 nitrogen and oxygen atoms in total. The van der Waals surface area contributed by atoms with Gasteiger partial charge >= 0.3 is 0 Å². The lowest BCUT2D eigenvalue weighted by molar-refractivity contribution is -0.0000505. The second-order valence-corrected chi connectivity index (χ2v) is 3.06. The summed E-state index contributed by atoms with van der Waals surface area (Å²) in [5.41, 5.74) is 4.70. The Hall–Kier alpha value is -0.120. The van der Waals surface area contributed by atoms with Gasteiger partial charge in [0.15, 0.2) is 0 Å². The number of hydrogen-bond acceptors (Lipinski definition) is 3. The molecule has 1 aliphatic rings. The van der Waals surface area contributed by atoms with Crippen LogP contribution in [0.3, 0.4) is 0 Å². The summed E-state index contributed by atoms with van der Waals surface area (Å²) in [5.74, 6) is 0.232. The molecule has 0 aromatic carbocycles. The maximum absolute atomic E-state index is 9.75. The number of aliphatic hydroxyl groups is 1. The van der Waals surface area contributed by atoms with E-state index in [1.165, 1.54) is 0 Å². The van der Waals surface area contributed by atoms with Crippen molar-refractivity contribution in [2.24, 2.45) is 11.7 Å². The van der Waals surface area contributed by atoms with Crippen LogP contribution in [0.4, 0.5) is 0 Å². The fraction of sp³-hybridized carbons (Fsp3) is 1.00. The molecule has 1 aliphatic heterocycles. The molecular formula is C7H15NO2. The van der Waals surface area contributed by atoms with E-state index in [2.05, 4.69) is 0 Å². The van der Waals surface area contributed by atoms with Gasteiger partial charge in [0.1, 0.15) is 0 Å². The van der Waals surface area contributed by atoms with Gasteiger partial charge in [0.2, 0.25) is 0 Å². The van der Waals surface area contributed by atoms with Crippen molar-refractivity contribution in [2.75, 3.05) is 19.8 Å². The minimum atomic E-state index is -0.644. The number of nitrogens with two attached hydrogens (primary N) is 1. The topological polar surface area (TPSA) is 55.5 Å². The van der Waals surface area contributed by atoms with E-state index < -0.39 is 5.60 Å². The van der Waals surface area contributed by atoms with Gasteiger partial charge in [-0.1, -0.05) is 6.92 Å². The van der Waals surface area contributed by atoms with Crippen molar-refractivity contribution < 1.29 is 9.84 Å². The molecule has 1 saturated heterocycles. The van der Waals surface area contributed by atoms with E-state index in [1.807, 2.05) is 6.92 Å². The van der Waals surface area contributed by atoms with E-state index in [-0.39, 0.29) is 5.92 Å². The SMILES string of the molecule is CC1COCC1(O)CCN. The zero-order valence-electron chi connectivity index (χ0n) is 6.34. The predicted octanol–water partition coefficient (Wildman–Crippen LogP) is -0.267. The summed E-state index contributed by atoms with van der Waals surface area (Å²) in [5, 5.41) is 9.75. The quantitative estimate of drug-likeness (QED) is 0.562. The van der Waals surface area contributed by atoms with E-state index in [9.17, 15) is 5.11 Å². The van der Waals surface area contributed by atoms with Gasteiger partial charge in [-0.05, 0) is 13.0 Å². The molecule has 3 N–H and O–H groups in total. The van der Waals surface area contributed by atoms with E-state index in [1.54, 1.807) is 0 Å². The van der Waals surface area contributed by atoms with Crippen LogP contribution < -0.4 is 5.73 Å². The fourth-order valence-electron chi connectivity index (χ4n) is 1.28. The minimum Gasteiger partial charge on any atom is -0.387 e. The minimum absolute atomic E-state index is 0.232. The summed E-state index contributed by atoms with van der Waals surface area (Å²) < 4.78 is 5.12. The van der Waals surface area contributed by atoms with Gasteiger partial charge in [-0.2, -0.15) is 0 Å². The standard InChI is InChI=1S/C7H15NO2/c1-6-4-10-5-7(6,9)2-3-8/h6,9H,2-5,8H2,1H3. The van der Waals surface area contributed by atoms with Crippen molar-refractivity contribution in [2.45, 2.75) is 18.9 Å². The zero-order chi connectivity index (χ0) is 7.61. The lowest BCUT2D eigenvalue weighted by Gasteiger charge is -2.24. The van der Waals surface area contributed by atoms with Crippen molar-refractivity contribution in [1.82, 2.24) is 0 Å². The maximum atomic E-state index is 9.75. The average molecular weight is 145 g/mol. The van der Waals surface area contributed by atoms with Gasteiger partial charge in [0.25, 0.3) is 0 Å². The molecule has 2 unspecified atom stereocenters. The monoisotopic (exact) mass is 145 g/mol. The van der Waals surface area contributed by atoms with E-state index >= 15 is 0 Å². The van der Waals surface area contributed by atoms with Crippen LogP contribution in [-0.2, 0) is 4.74 Å². The molecule has 0 radical (unpaired) electrons. The van der Waals surface area contributed by atoms with E-state index in [0.717, 1.165) is 0 Å². The third-order valence-corrected chi connectivity index (χ3v) is 2.21. The largest absolute Gasteiger partial charge is 0.387 e. The Balaban J connectivity index is 2.48. The van der Waals surface area contributed by atoms with Crippen LogP contribution in [0, 0.1) is 5.92 Å². The molecular weight excluding hydrogens is 130 g/mol. The van der Waals surface area contributed by atoms with Gasteiger partial charge < -0.3 is 15.6 Å². The predicted molar refractivity (Wildman–Crippen MR) is 38.6 cm³/mol. The van der Waals surface area contributed by atoms with Crippen molar-refractivity contribution in [3.8, 4) is 0 Å². The van der Waals surface area contributed by atoms with Gasteiger partial charge in [-0.15, -0.1) is 0 Å². The first-order valence-corrected chi connectivity index (χ1v) is 3.69. The normalized spacial score (nSPS) is 40.5. The van der Waals surface area contributed by atoms with Crippen LogP contribution in [0.5, 0.6) is 0 Å². The van der Waals surface area contributed by atoms with Crippen molar-refractivity contribution in [3.63, 3.8) is 0 Å². The molecule has 0 aromatic rings. The van der Waals surface area contributed by atoms with Crippen LogP contribution in [0.25, 0.3) is 0 Å². The van der Waals surface area contributed by atoms with Crippen LogP contribution in [0.1, 0.15) is 13.3 Å². The third kappa shape index (κ3) is 1.31. The van der Waals surface area contributed by atoms with Crippen LogP contribution in [0.15, 0.2) is 0 Å². The van der Waals surface area contributed by atoms with Crippen molar-refractivity contribution in [1.29, 1.82) is 0 Å². The first kappa shape index (κ1) is 7.98. The van der Waals surface area contributed by atoms with E-state index in [0.29, 0.717) is 26.2 Å². The summed E-state index contributed by atoms with van der Waals surface area (Å²) in [6.45, 7) is 3.63. The lowest BCUT2D eigenvalue weighted by atomic mass is 9.89. The molecule has 0 saturated carbocycles. The smallest absolute Gasteiger partial charge is 0.0939 e. The Morgan fingerprint density at radius 1 is 1.80 bits per heavy atom. The second-order valence-electron chi connectivity index (χ2n) is 3.06. The number of rotatable bonds is 2. The average Bonchev–Trinajstić information content (AvgIpc) is 2.15. The number of hydrogen-bond donors (Lipinski definition) is 2. The van der Waals surface area contributed by atoms with Crippen LogP contribution in [0.2, 0.25) is 0 Å². The van der Waals surface area contributed by atoms with Crippen molar-refractivity contribution in [3.05, 3.63) is 0 Å². The summed E-state index contributed by atoms with van der Waals surface area (Å²) in [6.07, 6.45) is 0.647. The highest BCUT2D eigenvalue weighted by Gasteiger charge is 2.38. The molecule has 0 bridgehead atoms. The number of ether oxygens (including phenoxy) is 1. The lowest BCUT2D eigenvalue weighted by Crippen LogP contribution is -2.37. The summed E-state index contributed by atoms with van der Waals surface area (Å²) >= 11 is 0. The Morgan fingerprint density at radius 2 is 2.50 bits per heavy atom. The summed E-state index contributed by atoms with van der Waals surface area (Å²) in [6, 6.07) is 0. The molecule has 1 fully saturated rings. The Labute approximate surface area is 61.2 Å². The maximum Gasteiger partial charge on any atom is 0.0939 e. The molecule has 0 spiro atoms. The van der Waals surface area contributed by atoms with Crippen molar-refractivity contribution >= 4 is 0 Å². The highest BCUT2D eigenvalue weighted by Crippen LogP contribution is 2.27. The molecule has 10 heavy (non-hydrogen) atoms. The van der Waals surface area contributed by atoms with Crippen LogP contribution >= 0.6 is 0 Å². The Morgan fingerprint density at radius 3 is 2.90 bits per heavy atom. The Kier molecular flexibility index (Phi) is 2.28. The summed E-state index contributed by atoms with van der Waals surface area (Å²) in [4.78, 5) is 0. The molecule has 60 valence electrons.